The molecule has 4 nitrogen and oxygen atoms in total. The SMILES string of the molecule is COc1ccc(CN(C)Cc2cc(=O)oc3cc(C)ccc23)cc1F. The van der Waals surface area contributed by atoms with E-state index in [4.69, 9.17) is 9.15 Å². The minimum atomic E-state index is -0.380. The van der Waals surface area contributed by atoms with Gasteiger partial charge in [-0.2, -0.15) is 0 Å². The topological polar surface area (TPSA) is 42.7 Å². The summed E-state index contributed by atoms with van der Waals surface area (Å²) in [7, 11) is 3.37. The Morgan fingerprint density at radius 1 is 1.12 bits per heavy atom. The molecule has 3 rings (SSSR count). The van der Waals surface area contributed by atoms with Gasteiger partial charge in [-0.05, 0) is 48.9 Å². The van der Waals surface area contributed by atoms with Crippen LogP contribution >= 0.6 is 0 Å². The third-order valence-corrected chi connectivity index (χ3v) is 4.09. The Balaban J connectivity index is 1.83. The van der Waals surface area contributed by atoms with Gasteiger partial charge < -0.3 is 9.15 Å². The van der Waals surface area contributed by atoms with Crippen LogP contribution in [0.25, 0.3) is 11.0 Å². The molecule has 0 bridgehead atoms. The monoisotopic (exact) mass is 341 g/mol. The highest BCUT2D eigenvalue weighted by atomic mass is 19.1. The quantitative estimate of drug-likeness (QED) is 0.661. The van der Waals surface area contributed by atoms with E-state index < -0.39 is 0 Å². The van der Waals surface area contributed by atoms with Crippen molar-refractivity contribution in [1.29, 1.82) is 0 Å². The van der Waals surface area contributed by atoms with E-state index in [-0.39, 0.29) is 17.2 Å². The summed E-state index contributed by atoms with van der Waals surface area (Å²) < 4.78 is 24.1. The molecule has 3 aromatic rings. The molecular weight excluding hydrogens is 321 g/mol. The molecule has 0 saturated heterocycles. The van der Waals surface area contributed by atoms with E-state index >= 15 is 0 Å². The Hall–Kier alpha value is -2.66. The first-order valence-corrected chi connectivity index (χ1v) is 8.00. The van der Waals surface area contributed by atoms with E-state index in [1.54, 1.807) is 6.07 Å². The average molecular weight is 341 g/mol. The number of ether oxygens (including phenoxy) is 1. The predicted octanol–water partition coefficient (Wildman–Crippen LogP) is 3.88. The fraction of sp³-hybridized carbons (Fsp3) is 0.250. The number of hydrogen-bond donors (Lipinski definition) is 0. The normalized spacial score (nSPS) is 11.2. The van der Waals surface area contributed by atoms with Crippen molar-refractivity contribution < 1.29 is 13.5 Å². The molecule has 5 heteroatoms. The molecule has 1 heterocycles. The Kier molecular flexibility index (Phi) is 4.86. The molecule has 0 aliphatic rings. The molecule has 0 atom stereocenters. The number of halogens is 1. The van der Waals surface area contributed by atoms with Crippen LogP contribution in [0.3, 0.4) is 0 Å². The Morgan fingerprint density at radius 3 is 2.64 bits per heavy atom. The molecule has 0 fully saturated rings. The molecular formula is C20H20FNO3. The van der Waals surface area contributed by atoms with Gasteiger partial charge in [-0.25, -0.2) is 9.18 Å². The molecule has 0 aliphatic carbocycles. The van der Waals surface area contributed by atoms with Crippen molar-refractivity contribution in [3.05, 3.63) is 75.4 Å². The largest absolute Gasteiger partial charge is 0.494 e. The fourth-order valence-corrected chi connectivity index (χ4v) is 2.93. The Morgan fingerprint density at radius 2 is 1.92 bits per heavy atom. The number of hydrogen-bond acceptors (Lipinski definition) is 4. The Labute approximate surface area is 145 Å². The summed E-state index contributed by atoms with van der Waals surface area (Å²) in [6, 6.07) is 12.2. The van der Waals surface area contributed by atoms with E-state index in [0.29, 0.717) is 18.7 Å². The van der Waals surface area contributed by atoms with Gasteiger partial charge in [-0.1, -0.05) is 18.2 Å². The van der Waals surface area contributed by atoms with E-state index in [2.05, 4.69) is 0 Å². The predicted molar refractivity (Wildman–Crippen MR) is 95.3 cm³/mol. The molecule has 0 saturated carbocycles. The molecule has 0 aliphatic heterocycles. The summed E-state index contributed by atoms with van der Waals surface area (Å²) in [5.41, 5.74) is 2.99. The van der Waals surface area contributed by atoms with Crippen molar-refractivity contribution in [2.45, 2.75) is 20.0 Å². The molecule has 0 N–H and O–H groups in total. The molecule has 0 unspecified atom stereocenters. The fourth-order valence-electron chi connectivity index (χ4n) is 2.93. The first-order chi connectivity index (χ1) is 12.0. The summed E-state index contributed by atoms with van der Waals surface area (Å²) in [6.45, 7) is 3.06. The lowest BCUT2D eigenvalue weighted by atomic mass is 10.1. The smallest absolute Gasteiger partial charge is 0.336 e. The second kappa shape index (κ2) is 7.07. The van der Waals surface area contributed by atoms with Gasteiger partial charge in [0, 0.05) is 24.5 Å². The molecule has 1 aromatic heterocycles. The standard InChI is InChI=1S/C20H20FNO3/c1-13-4-6-16-15(10-20(23)25-19(16)8-13)12-22(2)11-14-5-7-18(24-3)17(21)9-14/h4-10H,11-12H2,1-3H3. The lowest BCUT2D eigenvalue weighted by Gasteiger charge is -2.18. The zero-order valence-corrected chi connectivity index (χ0v) is 14.5. The van der Waals surface area contributed by atoms with Crippen LogP contribution in [0, 0.1) is 12.7 Å². The number of fused-ring (bicyclic) bond motifs is 1. The maximum Gasteiger partial charge on any atom is 0.336 e. The van der Waals surface area contributed by atoms with Crippen LogP contribution in [0.1, 0.15) is 16.7 Å². The minimum absolute atomic E-state index is 0.230. The first-order valence-electron chi connectivity index (χ1n) is 8.00. The third-order valence-electron chi connectivity index (χ3n) is 4.09. The molecule has 130 valence electrons. The van der Waals surface area contributed by atoms with Gasteiger partial charge in [0.1, 0.15) is 5.58 Å². The summed E-state index contributed by atoms with van der Waals surface area (Å²) in [4.78, 5) is 13.8. The van der Waals surface area contributed by atoms with Crippen LogP contribution in [-0.4, -0.2) is 19.1 Å². The highest BCUT2D eigenvalue weighted by molar-refractivity contribution is 5.80. The number of benzene rings is 2. The summed E-state index contributed by atoms with van der Waals surface area (Å²) in [5.74, 6) is -0.150. The minimum Gasteiger partial charge on any atom is -0.494 e. The zero-order chi connectivity index (χ0) is 18.0. The Bertz CT molecular complexity index is 965. The van der Waals surface area contributed by atoms with E-state index in [1.165, 1.54) is 19.2 Å². The van der Waals surface area contributed by atoms with E-state index in [9.17, 15) is 9.18 Å². The van der Waals surface area contributed by atoms with Crippen LogP contribution in [0.4, 0.5) is 4.39 Å². The van der Waals surface area contributed by atoms with Gasteiger partial charge in [0.2, 0.25) is 0 Å². The van der Waals surface area contributed by atoms with Crippen molar-refractivity contribution in [3.63, 3.8) is 0 Å². The summed E-state index contributed by atoms with van der Waals surface area (Å²) in [6.07, 6.45) is 0. The molecule has 2 aromatic carbocycles. The number of nitrogens with zero attached hydrogens (tertiary/aromatic N) is 1. The number of aryl methyl sites for hydroxylation is 1. The van der Waals surface area contributed by atoms with E-state index in [1.807, 2.05) is 43.1 Å². The summed E-state index contributed by atoms with van der Waals surface area (Å²) >= 11 is 0. The van der Waals surface area contributed by atoms with Gasteiger partial charge >= 0.3 is 5.63 Å². The van der Waals surface area contributed by atoms with Crippen LogP contribution in [0.2, 0.25) is 0 Å². The van der Waals surface area contributed by atoms with Gasteiger partial charge in [-0.3, -0.25) is 4.90 Å². The highest BCUT2D eigenvalue weighted by Crippen LogP contribution is 2.21. The van der Waals surface area contributed by atoms with Crippen molar-refractivity contribution in [3.8, 4) is 5.75 Å². The maximum absolute atomic E-state index is 13.8. The molecule has 0 radical (unpaired) electrons. The molecule has 0 amide bonds. The van der Waals surface area contributed by atoms with Crippen molar-refractivity contribution in [2.24, 2.45) is 0 Å². The number of methoxy groups -OCH3 is 1. The summed E-state index contributed by atoms with van der Waals surface area (Å²) in [5, 5.41) is 0.915. The van der Waals surface area contributed by atoms with Crippen LogP contribution in [-0.2, 0) is 13.1 Å². The maximum atomic E-state index is 13.8. The van der Waals surface area contributed by atoms with Crippen molar-refractivity contribution >= 4 is 11.0 Å². The second-order valence-corrected chi connectivity index (χ2v) is 6.23. The van der Waals surface area contributed by atoms with Crippen LogP contribution in [0.5, 0.6) is 5.75 Å². The second-order valence-electron chi connectivity index (χ2n) is 6.23. The van der Waals surface area contributed by atoms with Crippen LogP contribution < -0.4 is 10.4 Å². The lowest BCUT2D eigenvalue weighted by Crippen LogP contribution is -2.18. The van der Waals surface area contributed by atoms with E-state index in [0.717, 1.165) is 22.1 Å². The first kappa shape index (κ1) is 17.2. The third kappa shape index (κ3) is 3.88. The average Bonchev–Trinajstić information content (AvgIpc) is 2.54. The van der Waals surface area contributed by atoms with Crippen LogP contribution in [0.15, 0.2) is 51.7 Å². The van der Waals surface area contributed by atoms with Gasteiger partial charge in [0.05, 0.1) is 7.11 Å². The highest BCUT2D eigenvalue weighted by Gasteiger charge is 2.10. The molecule has 0 spiro atoms. The van der Waals surface area contributed by atoms with Gasteiger partial charge in [0.25, 0.3) is 0 Å². The van der Waals surface area contributed by atoms with Gasteiger partial charge in [0.15, 0.2) is 11.6 Å². The molecule has 25 heavy (non-hydrogen) atoms. The van der Waals surface area contributed by atoms with Gasteiger partial charge in [-0.15, -0.1) is 0 Å². The van der Waals surface area contributed by atoms with Crippen molar-refractivity contribution in [2.75, 3.05) is 14.2 Å². The zero-order valence-electron chi connectivity index (χ0n) is 14.5. The lowest BCUT2D eigenvalue weighted by molar-refractivity contribution is 0.318. The van der Waals surface area contributed by atoms with Crippen molar-refractivity contribution in [1.82, 2.24) is 4.90 Å². The number of rotatable bonds is 5.